The van der Waals surface area contributed by atoms with Gasteiger partial charge in [0.1, 0.15) is 17.8 Å². The molecule has 5 rings (SSSR count). The molecular weight excluding hydrogens is 438 g/mol. The molecule has 3 heterocycles. The van der Waals surface area contributed by atoms with Crippen molar-refractivity contribution in [2.45, 2.75) is 30.5 Å². The van der Waals surface area contributed by atoms with Crippen LogP contribution in [-0.2, 0) is 10.2 Å². The van der Waals surface area contributed by atoms with E-state index in [4.69, 9.17) is 0 Å². The second-order valence-corrected chi connectivity index (χ2v) is 9.22. The van der Waals surface area contributed by atoms with E-state index in [0.29, 0.717) is 18.1 Å². The number of likely N-dealkylation sites (N-methyl/N-ethyl adjacent to an activating group) is 1. The summed E-state index contributed by atoms with van der Waals surface area (Å²) in [6.45, 7) is 2.00. The third-order valence-corrected chi connectivity index (χ3v) is 6.75. The van der Waals surface area contributed by atoms with Gasteiger partial charge >= 0.3 is 0 Å². The second kappa shape index (κ2) is 9.06. The molecule has 0 spiro atoms. The first-order valence-electron chi connectivity index (χ1n) is 11.3. The van der Waals surface area contributed by atoms with Gasteiger partial charge in [-0.3, -0.25) is 9.78 Å². The highest BCUT2D eigenvalue weighted by Crippen LogP contribution is 2.45. The number of hydrogen-bond acceptors (Lipinski definition) is 6. The van der Waals surface area contributed by atoms with Crippen LogP contribution in [0.3, 0.4) is 0 Å². The zero-order chi connectivity index (χ0) is 23.7. The lowest BCUT2D eigenvalue weighted by atomic mass is 9.65. The monoisotopic (exact) mass is 464 g/mol. The minimum atomic E-state index is -0.963. The molecule has 1 aliphatic carbocycles. The van der Waals surface area contributed by atoms with Gasteiger partial charge in [-0.15, -0.1) is 10.2 Å². The molecule has 1 aliphatic heterocycles. The first kappa shape index (κ1) is 22.3. The summed E-state index contributed by atoms with van der Waals surface area (Å²) in [5.41, 5.74) is 1.92. The summed E-state index contributed by atoms with van der Waals surface area (Å²) in [7, 11) is 2.02. The highest BCUT2D eigenvalue weighted by molar-refractivity contribution is 5.79. The molecule has 9 heteroatoms. The number of carbonyl (C=O) groups is 1. The van der Waals surface area contributed by atoms with Crippen LogP contribution in [-0.4, -0.2) is 65.4 Å². The van der Waals surface area contributed by atoms with Gasteiger partial charge in [0, 0.05) is 42.5 Å². The Labute approximate surface area is 196 Å². The molecule has 2 fully saturated rings. The molecule has 1 saturated carbocycles. The van der Waals surface area contributed by atoms with Crippen LogP contribution in [0, 0.1) is 5.82 Å². The van der Waals surface area contributed by atoms with Crippen LogP contribution in [0.1, 0.15) is 18.5 Å². The van der Waals surface area contributed by atoms with Crippen LogP contribution < -0.4 is 10.2 Å². The number of anilines is 2. The van der Waals surface area contributed by atoms with Gasteiger partial charge in [-0.25, -0.2) is 8.78 Å². The summed E-state index contributed by atoms with van der Waals surface area (Å²) in [6.07, 6.45) is 1.88. The smallest absolute Gasteiger partial charge is 0.214 e. The van der Waals surface area contributed by atoms with E-state index in [1.807, 2.05) is 37.4 Å². The number of nitrogens with zero attached hydrogens (tertiary/aromatic N) is 5. The van der Waals surface area contributed by atoms with Crippen molar-refractivity contribution in [1.29, 1.82) is 0 Å². The number of carbonyl (C=O) groups excluding carboxylic acids is 1. The molecule has 7 nitrogen and oxygen atoms in total. The standard InChI is InChI=1S/C25H26F2N6O/c1-32-13-20(14-32)33(16-34)19-5-2-4-17(10-19)22-7-8-23(31-30-22)29-15-25(11-18(26)12-25)24-21(27)6-3-9-28-24/h2-10,16,18,20H,11-15H2,1H3,(H,29,31). The Balaban J connectivity index is 1.29. The number of aromatic nitrogens is 3. The summed E-state index contributed by atoms with van der Waals surface area (Å²) < 4.78 is 28.1. The molecule has 1 aromatic carbocycles. The number of halogens is 2. The van der Waals surface area contributed by atoms with Crippen molar-refractivity contribution < 1.29 is 13.6 Å². The molecular formula is C25H26F2N6O. The Bertz CT molecular complexity index is 1160. The topological polar surface area (TPSA) is 74.2 Å². The van der Waals surface area contributed by atoms with E-state index < -0.39 is 17.4 Å². The first-order chi connectivity index (χ1) is 16.5. The SMILES string of the molecule is CN1CC(N(C=O)c2cccc(-c3ccc(NCC4(c5ncccc5F)CC(F)C4)nn3)c2)C1. The molecule has 0 unspecified atom stereocenters. The van der Waals surface area contributed by atoms with Crippen molar-refractivity contribution in [2.75, 3.05) is 36.9 Å². The van der Waals surface area contributed by atoms with Crippen LogP contribution >= 0.6 is 0 Å². The Hall–Kier alpha value is -3.46. The maximum Gasteiger partial charge on any atom is 0.214 e. The van der Waals surface area contributed by atoms with Gasteiger partial charge in [0.25, 0.3) is 0 Å². The predicted molar refractivity (Wildman–Crippen MR) is 126 cm³/mol. The molecule has 3 aromatic rings. The average Bonchev–Trinajstić information content (AvgIpc) is 2.81. The van der Waals surface area contributed by atoms with Gasteiger partial charge in [0.2, 0.25) is 6.41 Å². The van der Waals surface area contributed by atoms with Crippen molar-refractivity contribution in [3.05, 3.63) is 66.2 Å². The molecule has 2 aromatic heterocycles. The first-order valence-corrected chi connectivity index (χ1v) is 11.3. The fraction of sp³-hybridized carbons (Fsp3) is 0.360. The van der Waals surface area contributed by atoms with Crippen molar-refractivity contribution in [3.8, 4) is 11.3 Å². The zero-order valence-corrected chi connectivity index (χ0v) is 18.9. The lowest BCUT2D eigenvalue weighted by Crippen LogP contribution is -2.57. The van der Waals surface area contributed by atoms with Crippen molar-refractivity contribution in [1.82, 2.24) is 20.1 Å². The summed E-state index contributed by atoms with van der Waals surface area (Å²) >= 11 is 0. The molecule has 0 radical (unpaired) electrons. The van der Waals surface area contributed by atoms with Gasteiger partial charge < -0.3 is 15.1 Å². The zero-order valence-electron chi connectivity index (χ0n) is 18.9. The van der Waals surface area contributed by atoms with Gasteiger partial charge in [-0.05, 0) is 56.3 Å². The summed E-state index contributed by atoms with van der Waals surface area (Å²) in [5.74, 6) is 0.0976. The van der Waals surface area contributed by atoms with Crippen molar-refractivity contribution in [2.24, 2.45) is 0 Å². The molecule has 1 N–H and O–H groups in total. The van der Waals surface area contributed by atoms with Crippen molar-refractivity contribution >= 4 is 17.9 Å². The summed E-state index contributed by atoms with van der Waals surface area (Å²) in [4.78, 5) is 19.8. The van der Waals surface area contributed by atoms with E-state index in [1.54, 1.807) is 11.0 Å². The van der Waals surface area contributed by atoms with Crippen LogP contribution in [0.15, 0.2) is 54.7 Å². The second-order valence-electron chi connectivity index (χ2n) is 9.22. The van der Waals surface area contributed by atoms with Crippen molar-refractivity contribution in [3.63, 3.8) is 0 Å². The number of benzene rings is 1. The average molecular weight is 465 g/mol. The number of rotatable bonds is 8. The predicted octanol–water partition coefficient (Wildman–Crippen LogP) is 3.44. The largest absolute Gasteiger partial charge is 0.368 e. The molecule has 1 saturated heterocycles. The number of hydrogen-bond donors (Lipinski definition) is 1. The fourth-order valence-corrected chi connectivity index (χ4v) is 4.85. The van der Waals surface area contributed by atoms with Crippen LogP contribution in [0.4, 0.5) is 20.3 Å². The summed E-state index contributed by atoms with van der Waals surface area (Å²) in [6, 6.07) is 14.3. The molecule has 0 bridgehead atoms. The van der Waals surface area contributed by atoms with E-state index in [2.05, 4.69) is 25.4 Å². The lowest BCUT2D eigenvalue weighted by Gasteiger charge is -2.44. The highest BCUT2D eigenvalue weighted by Gasteiger charge is 2.48. The number of pyridine rings is 1. The van der Waals surface area contributed by atoms with E-state index in [-0.39, 0.29) is 24.6 Å². The minimum Gasteiger partial charge on any atom is -0.368 e. The van der Waals surface area contributed by atoms with E-state index in [0.717, 1.165) is 30.8 Å². The number of amides is 1. The van der Waals surface area contributed by atoms with Gasteiger partial charge in [-0.1, -0.05) is 12.1 Å². The maximum atomic E-state index is 14.3. The fourth-order valence-electron chi connectivity index (χ4n) is 4.85. The van der Waals surface area contributed by atoms with Gasteiger partial charge in [0.15, 0.2) is 0 Å². The third-order valence-electron chi connectivity index (χ3n) is 6.75. The number of likely N-dealkylation sites (tertiary alicyclic amines) is 1. The molecule has 1 amide bonds. The molecule has 0 atom stereocenters. The maximum absolute atomic E-state index is 14.3. The van der Waals surface area contributed by atoms with Crippen LogP contribution in [0.25, 0.3) is 11.3 Å². The lowest BCUT2D eigenvalue weighted by molar-refractivity contribution is -0.108. The van der Waals surface area contributed by atoms with Crippen LogP contribution in [0.5, 0.6) is 0 Å². The molecule has 2 aliphatic rings. The Morgan fingerprint density at radius 1 is 1.18 bits per heavy atom. The quantitative estimate of drug-likeness (QED) is 0.515. The molecule has 34 heavy (non-hydrogen) atoms. The summed E-state index contributed by atoms with van der Waals surface area (Å²) in [5, 5.41) is 11.8. The number of alkyl halides is 1. The molecule has 176 valence electrons. The highest BCUT2D eigenvalue weighted by atomic mass is 19.1. The van der Waals surface area contributed by atoms with Gasteiger partial charge in [-0.2, -0.15) is 0 Å². The van der Waals surface area contributed by atoms with E-state index in [1.165, 1.54) is 18.3 Å². The Morgan fingerprint density at radius 3 is 2.65 bits per heavy atom. The minimum absolute atomic E-state index is 0.169. The van der Waals surface area contributed by atoms with Gasteiger partial charge in [0.05, 0.1) is 17.4 Å². The van der Waals surface area contributed by atoms with E-state index in [9.17, 15) is 13.6 Å². The number of nitrogens with one attached hydrogen (secondary N) is 1. The van der Waals surface area contributed by atoms with E-state index >= 15 is 0 Å². The Morgan fingerprint density at radius 2 is 2.00 bits per heavy atom. The van der Waals surface area contributed by atoms with Crippen LogP contribution in [0.2, 0.25) is 0 Å². The normalized spacial score (nSPS) is 22.5. The third kappa shape index (κ3) is 4.23. The Kier molecular flexibility index (Phi) is 5.95.